The molecule has 0 radical (unpaired) electrons. The number of rotatable bonds is 4. The van der Waals surface area contributed by atoms with Crippen LogP contribution in [0.4, 0.5) is 0 Å². The van der Waals surface area contributed by atoms with Crippen LogP contribution >= 0.6 is 12.4 Å². The molecule has 0 bridgehead atoms. The zero-order valence-corrected chi connectivity index (χ0v) is 9.08. The molecule has 3 unspecified atom stereocenters. The first-order chi connectivity index (χ1) is 5.30. The molecule has 0 aliphatic carbocycles. The van der Waals surface area contributed by atoms with E-state index in [4.69, 9.17) is 10.8 Å². The minimum absolute atomic E-state index is 0. The monoisotopic (exact) mass is 213 g/mol. The fraction of sp³-hybridized carbons (Fsp3) is 1.00. The van der Waals surface area contributed by atoms with Crippen molar-refractivity contribution in [3.8, 4) is 0 Å². The lowest BCUT2D eigenvalue weighted by atomic mass is 9.84. The average molecular weight is 214 g/mol. The largest absolute Gasteiger partial charge is 0.393 e. The summed E-state index contributed by atoms with van der Waals surface area (Å²) < 4.78 is 0. The summed E-state index contributed by atoms with van der Waals surface area (Å²) in [5.41, 5.74) is 4.61. The van der Waals surface area contributed by atoms with E-state index in [1.807, 2.05) is 0 Å². The zero-order chi connectivity index (χ0) is 9.94. The van der Waals surface area contributed by atoms with E-state index in [0.29, 0.717) is 0 Å². The van der Waals surface area contributed by atoms with Gasteiger partial charge in [0.1, 0.15) is 0 Å². The molecule has 0 aromatic carbocycles. The van der Waals surface area contributed by atoms with Gasteiger partial charge in [0.25, 0.3) is 0 Å². The van der Waals surface area contributed by atoms with Gasteiger partial charge in [0.05, 0.1) is 23.9 Å². The highest BCUT2D eigenvalue weighted by atomic mass is 35.5. The maximum Gasteiger partial charge on any atom is 0.0717 e. The molecule has 0 aromatic rings. The minimum Gasteiger partial charge on any atom is -0.393 e. The molecular weight excluding hydrogens is 194 g/mol. The number of aliphatic hydroxyl groups excluding tert-OH is 3. The van der Waals surface area contributed by atoms with Crippen LogP contribution in [0, 0.1) is 0 Å². The second-order valence-electron chi connectivity index (χ2n) is 3.52. The summed E-state index contributed by atoms with van der Waals surface area (Å²) in [4.78, 5) is 0. The van der Waals surface area contributed by atoms with Crippen molar-refractivity contribution in [3.05, 3.63) is 0 Å². The normalized spacial score (nSPS) is 22.4. The quantitative estimate of drug-likeness (QED) is 0.514. The second kappa shape index (κ2) is 5.78. The van der Waals surface area contributed by atoms with Crippen LogP contribution in [0.5, 0.6) is 0 Å². The van der Waals surface area contributed by atoms with Gasteiger partial charge in [-0.3, -0.25) is 0 Å². The van der Waals surface area contributed by atoms with Crippen molar-refractivity contribution in [3.63, 3.8) is 0 Å². The molecule has 3 atom stereocenters. The smallest absolute Gasteiger partial charge is 0.0717 e. The summed E-state index contributed by atoms with van der Waals surface area (Å²) in [6, 6.07) is 0. The van der Waals surface area contributed by atoms with Gasteiger partial charge in [-0.1, -0.05) is 0 Å². The fourth-order valence-electron chi connectivity index (χ4n) is 1.20. The van der Waals surface area contributed by atoms with Crippen LogP contribution in [0.2, 0.25) is 0 Å². The van der Waals surface area contributed by atoms with Crippen LogP contribution in [0.1, 0.15) is 27.2 Å². The molecule has 0 rings (SSSR count). The van der Waals surface area contributed by atoms with Crippen molar-refractivity contribution < 1.29 is 15.3 Å². The van der Waals surface area contributed by atoms with Gasteiger partial charge in [-0.05, 0) is 27.2 Å². The van der Waals surface area contributed by atoms with Gasteiger partial charge in [-0.25, -0.2) is 0 Å². The Morgan fingerprint density at radius 1 is 1.08 bits per heavy atom. The summed E-state index contributed by atoms with van der Waals surface area (Å²) in [5, 5.41) is 27.7. The van der Waals surface area contributed by atoms with Crippen molar-refractivity contribution in [1.29, 1.82) is 0 Å². The predicted molar refractivity (Wildman–Crippen MR) is 53.8 cm³/mol. The Morgan fingerprint density at radius 2 is 1.38 bits per heavy atom. The van der Waals surface area contributed by atoms with Crippen LogP contribution in [-0.4, -0.2) is 39.2 Å². The van der Waals surface area contributed by atoms with Crippen molar-refractivity contribution in [2.45, 2.75) is 51.0 Å². The molecule has 0 saturated heterocycles. The zero-order valence-electron chi connectivity index (χ0n) is 8.27. The third-order valence-electron chi connectivity index (χ3n) is 2.20. The Balaban J connectivity index is 0. The Bertz CT molecular complexity index is 131. The molecule has 0 aliphatic rings. The first-order valence-corrected chi connectivity index (χ1v) is 4.13. The van der Waals surface area contributed by atoms with E-state index in [2.05, 4.69) is 0 Å². The maximum atomic E-state index is 9.29. The molecule has 82 valence electrons. The molecule has 5 heteroatoms. The molecule has 5 N–H and O–H groups in total. The molecule has 4 nitrogen and oxygen atoms in total. The molecule has 0 saturated carbocycles. The summed E-state index contributed by atoms with van der Waals surface area (Å²) >= 11 is 0. The SMILES string of the molecule is CC(O)CC(N)(C(C)O)C(C)O.Cl. The summed E-state index contributed by atoms with van der Waals surface area (Å²) in [5.74, 6) is 0. The third kappa shape index (κ3) is 4.24. The molecule has 0 spiro atoms. The van der Waals surface area contributed by atoms with Gasteiger partial charge in [-0.2, -0.15) is 0 Å². The first-order valence-electron chi connectivity index (χ1n) is 4.13. The number of halogens is 1. The highest BCUT2D eigenvalue weighted by Crippen LogP contribution is 2.19. The van der Waals surface area contributed by atoms with Crippen LogP contribution in [-0.2, 0) is 0 Å². The summed E-state index contributed by atoms with van der Waals surface area (Å²) in [6.45, 7) is 4.59. The highest BCUT2D eigenvalue weighted by Gasteiger charge is 2.36. The molecule has 0 heterocycles. The van der Waals surface area contributed by atoms with Crippen LogP contribution < -0.4 is 5.73 Å². The van der Waals surface area contributed by atoms with E-state index in [-0.39, 0.29) is 18.8 Å². The standard InChI is InChI=1S/C8H19NO3.ClH/c1-5(10)4-8(9,6(2)11)7(3)12;/h5-7,10-12H,4,9H2,1-3H3;1H. The van der Waals surface area contributed by atoms with Crippen molar-refractivity contribution in [2.75, 3.05) is 0 Å². The number of hydrogen-bond donors (Lipinski definition) is 4. The molecule has 0 fully saturated rings. The molecular formula is C8H20ClNO3. The molecule has 0 aliphatic heterocycles. The van der Waals surface area contributed by atoms with Crippen molar-refractivity contribution in [1.82, 2.24) is 0 Å². The maximum absolute atomic E-state index is 9.29. The van der Waals surface area contributed by atoms with E-state index in [9.17, 15) is 10.2 Å². The minimum atomic E-state index is -1.12. The van der Waals surface area contributed by atoms with Crippen LogP contribution in [0.25, 0.3) is 0 Å². The van der Waals surface area contributed by atoms with Gasteiger partial charge in [-0.15, -0.1) is 12.4 Å². The van der Waals surface area contributed by atoms with Crippen molar-refractivity contribution in [2.24, 2.45) is 5.73 Å². The molecule has 0 amide bonds. The number of aliphatic hydroxyl groups is 3. The predicted octanol–water partition coefficient (Wildman–Crippen LogP) is -0.362. The lowest BCUT2D eigenvalue weighted by Gasteiger charge is -2.36. The fourth-order valence-corrected chi connectivity index (χ4v) is 1.20. The van der Waals surface area contributed by atoms with E-state index in [0.717, 1.165) is 0 Å². The van der Waals surface area contributed by atoms with E-state index >= 15 is 0 Å². The first kappa shape index (κ1) is 15.6. The van der Waals surface area contributed by atoms with E-state index in [1.165, 1.54) is 13.8 Å². The van der Waals surface area contributed by atoms with Crippen molar-refractivity contribution >= 4 is 12.4 Å². The average Bonchev–Trinajstić information content (AvgIpc) is 1.84. The van der Waals surface area contributed by atoms with Gasteiger partial charge >= 0.3 is 0 Å². The lowest BCUT2D eigenvalue weighted by molar-refractivity contribution is -0.0185. The van der Waals surface area contributed by atoms with Crippen LogP contribution in [0.3, 0.4) is 0 Å². The lowest BCUT2D eigenvalue weighted by Crippen LogP contribution is -2.58. The number of nitrogens with two attached hydrogens (primary N) is 1. The summed E-state index contributed by atoms with van der Waals surface area (Å²) in [7, 11) is 0. The third-order valence-corrected chi connectivity index (χ3v) is 2.20. The van der Waals surface area contributed by atoms with E-state index in [1.54, 1.807) is 6.92 Å². The Kier molecular flexibility index (Phi) is 6.93. The Morgan fingerprint density at radius 3 is 1.46 bits per heavy atom. The van der Waals surface area contributed by atoms with Gasteiger partial charge < -0.3 is 21.1 Å². The van der Waals surface area contributed by atoms with Crippen LogP contribution in [0.15, 0.2) is 0 Å². The number of hydrogen-bond acceptors (Lipinski definition) is 4. The van der Waals surface area contributed by atoms with E-state index < -0.39 is 23.9 Å². The molecule has 0 aromatic heterocycles. The summed E-state index contributed by atoms with van der Waals surface area (Å²) in [6.07, 6.45) is -2.12. The van der Waals surface area contributed by atoms with Gasteiger partial charge in [0.15, 0.2) is 0 Å². The Hall–Kier alpha value is 0.130. The van der Waals surface area contributed by atoms with Gasteiger partial charge in [0.2, 0.25) is 0 Å². The van der Waals surface area contributed by atoms with Gasteiger partial charge in [0, 0.05) is 0 Å². The highest BCUT2D eigenvalue weighted by molar-refractivity contribution is 5.85. The second-order valence-corrected chi connectivity index (χ2v) is 3.52. The molecule has 13 heavy (non-hydrogen) atoms. The topological polar surface area (TPSA) is 86.7 Å². The Labute approximate surface area is 85.2 Å².